The van der Waals surface area contributed by atoms with Gasteiger partial charge in [-0.25, -0.2) is 4.79 Å². The Hall–Kier alpha value is -3.75. The Bertz CT molecular complexity index is 892. The molecule has 0 radical (unpaired) electrons. The number of rotatable bonds is 7. The molecule has 0 spiro atoms. The van der Waals surface area contributed by atoms with Gasteiger partial charge in [0.15, 0.2) is 13.2 Å². The van der Waals surface area contributed by atoms with E-state index < -0.39 is 10.9 Å². The summed E-state index contributed by atoms with van der Waals surface area (Å²) in [6, 6.07) is 14.5. The number of aromatic nitrogens is 2. The number of para-hydroxylation sites is 1. The number of carbonyl (C=O) groups excluding carboxylic acids is 1. The minimum absolute atomic E-state index is 0.0409. The van der Waals surface area contributed by atoms with Crippen molar-refractivity contribution in [1.29, 1.82) is 0 Å². The van der Waals surface area contributed by atoms with Gasteiger partial charge in [0.05, 0.1) is 4.92 Å². The molecule has 1 aromatic heterocycles. The maximum absolute atomic E-state index is 11.7. The van der Waals surface area contributed by atoms with Gasteiger partial charge in [0.1, 0.15) is 5.75 Å². The Kier molecular flexibility index (Phi) is 5.18. The lowest BCUT2D eigenvalue weighted by Crippen LogP contribution is -2.14. The van der Waals surface area contributed by atoms with Gasteiger partial charge in [0.2, 0.25) is 5.89 Å². The van der Waals surface area contributed by atoms with Gasteiger partial charge in [-0.05, 0) is 24.3 Å². The van der Waals surface area contributed by atoms with Crippen LogP contribution in [0.2, 0.25) is 0 Å². The van der Waals surface area contributed by atoms with Crippen LogP contribution < -0.4 is 4.74 Å². The van der Waals surface area contributed by atoms with E-state index in [0.29, 0.717) is 11.3 Å². The number of nitro groups is 1. The summed E-state index contributed by atoms with van der Waals surface area (Å²) in [6.07, 6.45) is 0. The second-order valence-corrected chi connectivity index (χ2v) is 5.07. The predicted molar refractivity (Wildman–Crippen MR) is 88.1 cm³/mol. The molecular weight excluding hydrogens is 342 g/mol. The summed E-state index contributed by atoms with van der Waals surface area (Å²) in [5, 5.41) is 18.2. The van der Waals surface area contributed by atoms with Crippen LogP contribution in [-0.4, -0.2) is 27.7 Å². The Balaban J connectivity index is 1.51. The smallest absolute Gasteiger partial charge is 0.344 e. The van der Waals surface area contributed by atoms with Gasteiger partial charge in [-0.1, -0.05) is 18.2 Å². The van der Waals surface area contributed by atoms with Crippen molar-refractivity contribution in [2.24, 2.45) is 0 Å². The molecule has 0 amide bonds. The maximum Gasteiger partial charge on any atom is 0.344 e. The topological polar surface area (TPSA) is 118 Å². The molecule has 0 atom stereocenters. The summed E-state index contributed by atoms with van der Waals surface area (Å²) in [7, 11) is 0. The Morgan fingerprint density at radius 2 is 1.81 bits per heavy atom. The number of hydrogen-bond acceptors (Lipinski definition) is 8. The van der Waals surface area contributed by atoms with Crippen LogP contribution in [0.1, 0.15) is 5.89 Å². The second-order valence-electron chi connectivity index (χ2n) is 5.07. The van der Waals surface area contributed by atoms with E-state index in [4.69, 9.17) is 13.9 Å². The van der Waals surface area contributed by atoms with Gasteiger partial charge in [-0.15, -0.1) is 10.2 Å². The molecule has 9 heteroatoms. The lowest BCUT2D eigenvalue weighted by Gasteiger charge is -2.05. The molecule has 0 saturated heterocycles. The average molecular weight is 355 g/mol. The lowest BCUT2D eigenvalue weighted by atomic mass is 10.2. The zero-order chi connectivity index (χ0) is 18.4. The molecule has 26 heavy (non-hydrogen) atoms. The van der Waals surface area contributed by atoms with Gasteiger partial charge in [0.25, 0.3) is 11.6 Å². The molecule has 3 rings (SSSR count). The van der Waals surface area contributed by atoms with Crippen molar-refractivity contribution in [3.05, 3.63) is 70.6 Å². The zero-order valence-corrected chi connectivity index (χ0v) is 13.4. The van der Waals surface area contributed by atoms with E-state index in [-0.39, 0.29) is 30.7 Å². The Morgan fingerprint density at radius 3 is 2.50 bits per heavy atom. The molecule has 0 bridgehead atoms. The average Bonchev–Trinajstić information content (AvgIpc) is 3.14. The molecule has 132 valence electrons. The molecule has 3 aromatic rings. The predicted octanol–water partition coefficient (Wildman–Crippen LogP) is 2.77. The SMILES string of the molecule is O=C(COc1ccccc1)OCc1nnc(-c2ccc([N+](=O)[O-])cc2)o1. The number of hydrogen-bond donors (Lipinski definition) is 0. The summed E-state index contributed by atoms with van der Waals surface area (Å²) < 4.78 is 15.6. The van der Waals surface area contributed by atoms with E-state index in [0.717, 1.165) is 0 Å². The molecule has 1 heterocycles. The van der Waals surface area contributed by atoms with Crippen molar-refractivity contribution in [2.45, 2.75) is 6.61 Å². The minimum Gasteiger partial charge on any atom is -0.482 e. The molecule has 2 aromatic carbocycles. The lowest BCUT2D eigenvalue weighted by molar-refractivity contribution is -0.384. The van der Waals surface area contributed by atoms with Crippen molar-refractivity contribution in [3.63, 3.8) is 0 Å². The van der Waals surface area contributed by atoms with Crippen molar-refractivity contribution >= 4 is 11.7 Å². The van der Waals surface area contributed by atoms with Crippen molar-refractivity contribution in [2.75, 3.05) is 6.61 Å². The summed E-state index contributed by atoms with van der Waals surface area (Å²) >= 11 is 0. The number of esters is 1. The fourth-order valence-corrected chi connectivity index (χ4v) is 2.00. The van der Waals surface area contributed by atoms with Gasteiger partial charge in [-0.2, -0.15) is 0 Å². The van der Waals surface area contributed by atoms with E-state index in [9.17, 15) is 14.9 Å². The first-order valence-corrected chi connectivity index (χ1v) is 7.52. The quantitative estimate of drug-likeness (QED) is 0.361. The molecule has 0 saturated carbocycles. The fourth-order valence-electron chi connectivity index (χ4n) is 2.00. The number of carbonyl (C=O) groups is 1. The second kappa shape index (κ2) is 7.88. The van der Waals surface area contributed by atoms with Crippen molar-refractivity contribution in [1.82, 2.24) is 10.2 Å². The monoisotopic (exact) mass is 355 g/mol. The van der Waals surface area contributed by atoms with Crippen LogP contribution in [0.5, 0.6) is 5.75 Å². The first-order valence-electron chi connectivity index (χ1n) is 7.52. The fraction of sp³-hybridized carbons (Fsp3) is 0.118. The van der Waals surface area contributed by atoms with E-state index in [1.54, 1.807) is 24.3 Å². The van der Waals surface area contributed by atoms with Gasteiger partial charge >= 0.3 is 5.97 Å². The van der Waals surface area contributed by atoms with Crippen LogP contribution in [0.4, 0.5) is 5.69 Å². The van der Waals surface area contributed by atoms with E-state index >= 15 is 0 Å². The standard InChI is InChI=1S/C17H13N3O6/c21-16(11-24-14-4-2-1-3-5-14)25-10-15-18-19-17(26-15)12-6-8-13(9-7-12)20(22)23/h1-9H,10-11H2. The normalized spacial score (nSPS) is 10.3. The minimum atomic E-state index is -0.580. The van der Waals surface area contributed by atoms with Crippen LogP contribution in [0.15, 0.2) is 59.0 Å². The van der Waals surface area contributed by atoms with Crippen molar-refractivity contribution < 1.29 is 23.6 Å². The number of ether oxygens (including phenoxy) is 2. The highest BCUT2D eigenvalue weighted by molar-refractivity contribution is 5.71. The van der Waals surface area contributed by atoms with Gasteiger partial charge in [-0.3, -0.25) is 10.1 Å². The largest absolute Gasteiger partial charge is 0.482 e. The third-order valence-corrected chi connectivity index (χ3v) is 3.25. The highest BCUT2D eigenvalue weighted by Gasteiger charge is 2.13. The molecule has 0 unspecified atom stereocenters. The summed E-state index contributed by atoms with van der Waals surface area (Å²) in [6.45, 7) is -0.440. The molecular formula is C17H13N3O6. The summed E-state index contributed by atoms with van der Waals surface area (Å²) in [5.74, 6) is 0.254. The molecule has 0 fully saturated rings. The van der Waals surface area contributed by atoms with E-state index in [2.05, 4.69) is 10.2 Å². The first-order chi connectivity index (χ1) is 12.6. The summed E-state index contributed by atoms with van der Waals surface area (Å²) in [5.41, 5.74) is 0.480. The highest BCUT2D eigenvalue weighted by atomic mass is 16.6. The molecule has 0 aliphatic heterocycles. The molecule has 0 N–H and O–H groups in total. The van der Waals surface area contributed by atoms with Gasteiger partial charge in [0, 0.05) is 17.7 Å². The molecule has 0 aliphatic carbocycles. The summed E-state index contributed by atoms with van der Waals surface area (Å²) in [4.78, 5) is 21.8. The van der Waals surface area contributed by atoms with Crippen LogP contribution in [-0.2, 0) is 16.1 Å². The number of non-ortho nitro benzene ring substituents is 1. The number of benzene rings is 2. The Morgan fingerprint density at radius 1 is 1.08 bits per heavy atom. The zero-order valence-electron chi connectivity index (χ0n) is 13.4. The van der Waals surface area contributed by atoms with E-state index in [1.165, 1.54) is 24.3 Å². The maximum atomic E-state index is 11.7. The Labute approximate surface area is 147 Å². The third kappa shape index (κ3) is 4.41. The van der Waals surface area contributed by atoms with Gasteiger partial charge < -0.3 is 13.9 Å². The van der Waals surface area contributed by atoms with Crippen LogP contribution in [0, 0.1) is 10.1 Å². The molecule has 9 nitrogen and oxygen atoms in total. The third-order valence-electron chi connectivity index (χ3n) is 3.25. The number of nitro benzene ring substituents is 1. The van der Waals surface area contributed by atoms with Crippen LogP contribution in [0.3, 0.4) is 0 Å². The first kappa shape index (κ1) is 17.1. The molecule has 0 aliphatic rings. The highest BCUT2D eigenvalue weighted by Crippen LogP contribution is 2.21. The number of nitrogens with zero attached hydrogens (tertiary/aromatic N) is 3. The van der Waals surface area contributed by atoms with Crippen LogP contribution in [0.25, 0.3) is 11.5 Å². The van der Waals surface area contributed by atoms with Crippen LogP contribution >= 0.6 is 0 Å². The van der Waals surface area contributed by atoms with E-state index in [1.807, 2.05) is 6.07 Å². The van der Waals surface area contributed by atoms with Crippen molar-refractivity contribution in [3.8, 4) is 17.2 Å².